The molecule has 0 saturated carbocycles. The largest absolute Gasteiger partial charge is 0.425 e. The van der Waals surface area contributed by atoms with E-state index in [2.05, 4.69) is 63.6 Å². The SMILES string of the molecule is CC(=O)Oc1ccc(C#Cc2cc3c(cc2C)SC(C)(C)CC3(C)C)nc1. The van der Waals surface area contributed by atoms with Gasteiger partial charge in [-0.05, 0) is 60.1 Å². The zero-order chi connectivity index (χ0) is 19.8. The first-order valence-electron chi connectivity index (χ1n) is 9.06. The number of ether oxygens (including phenoxy) is 1. The lowest BCUT2D eigenvalue weighted by Crippen LogP contribution is -2.33. The number of thioether (sulfide) groups is 1. The number of carbonyl (C=O) groups is 1. The molecule has 0 fully saturated rings. The molecule has 0 spiro atoms. The third kappa shape index (κ3) is 4.54. The minimum atomic E-state index is -0.357. The quantitative estimate of drug-likeness (QED) is 0.500. The standard InChI is InChI=1S/C23H25NO2S/c1-15-11-21-20(22(3,4)14-23(5,6)27-21)12-17(15)7-8-18-9-10-19(13-24-18)26-16(2)25/h9-13H,14H2,1-6H3. The topological polar surface area (TPSA) is 39.2 Å². The van der Waals surface area contributed by atoms with E-state index in [0.717, 1.165) is 12.0 Å². The number of carbonyl (C=O) groups excluding carboxylic acids is 1. The maximum atomic E-state index is 11.0. The molecule has 3 nitrogen and oxygen atoms in total. The van der Waals surface area contributed by atoms with Crippen molar-refractivity contribution in [3.8, 4) is 17.6 Å². The van der Waals surface area contributed by atoms with Crippen molar-refractivity contribution in [1.82, 2.24) is 4.98 Å². The number of fused-ring (bicyclic) bond motifs is 1. The van der Waals surface area contributed by atoms with E-state index < -0.39 is 0 Å². The zero-order valence-electron chi connectivity index (χ0n) is 16.8. The minimum absolute atomic E-state index is 0.123. The average molecular weight is 380 g/mol. The van der Waals surface area contributed by atoms with E-state index >= 15 is 0 Å². The van der Waals surface area contributed by atoms with Gasteiger partial charge in [-0.2, -0.15) is 0 Å². The van der Waals surface area contributed by atoms with Crippen LogP contribution in [0, 0.1) is 18.8 Å². The number of rotatable bonds is 1. The summed E-state index contributed by atoms with van der Waals surface area (Å²) in [6.07, 6.45) is 2.65. The highest BCUT2D eigenvalue weighted by molar-refractivity contribution is 8.00. The lowest BCUT2D eigenvalue weighted by atomic mass is 9.76. The Hall–Kier alpha value is -2.25. The van der Waals surface area contributed by atoms with Gasteiger partial charge in [0.05, 0.1) is 6.20 Å². The lowest BCUT2D eigenvalue weighted by molar-refractivity contribution is -0.131. The second-order valence-corrected chi connectivity index (χ2v) is 10.1. The number of esters is 1. The number of pyridine rings is 1. The van der Waals surface area contributed by atoms with Gasteiger partial charge in [-0.25, -0.2) is 4.98 Å². The monoisotopic (exact) mass is 379 g/mol. The van der Waals surface area contributed by atoms with Crippen LogP contribution in [-0.4, -0.2) is 15.7 Å². The van der Waals surface area contributed by atoms with Crippen molar-refractivity contribution in [3.05, 3.63) is 52.8 Å². The number of aromatic nitrogens is 1. The Morgan fingerprint density at radius 3 is 2.56 bits per heavy atom. The molecule has 0 aliphatic carbocycles. The molecule has 2 heterocycles. The average Bonchev–Trinajstić information content (AvgIpc) is 2.52. The number of hydrogen-bond acceptors (Lipinski definition) is 4. The highest BCUT2D eigenvalue weighted by atomic mass is 32.2. The van der Waals surface area contributed by atoms with Crippen LogP contribution in [0.5, 0.6) is 5.75 Å². The van der Waals surface area contributed by atoms with Gasteiger partial charge < -0.3 is 4.74 Å². The summed E-state index contributed by atoms with van der Waals surface area (Å²) >= 11 is 1.96. The number of benzene rings is 1. The molecular formula is C23H25NO2S. The molecule has 0 atom stereocenters. The molecule has 1 aromatic carbocycles. The first kappa shape index (κ1) is 19.5. The van der Waals surface area contributed by atoms with Crippen molar-refractivity contribution < 1.29 is 9.53 Å². The van der Waals surface area contributed by atoms with E-state index in [4.69, 9.17) is 4.74 Å². The van der Waals surface area contributed by atoms with Crippen LogP contribution >= 0.6 is 11.8 Å². The molecule has 4 heteroatoms. The van der Waals surface area contributed by atoms with Gasteiger partial charge in [0.2, 0.25) is 0 Å². The molecule has 3 rings (SSSR count). The van der Waals surface area contributed by atoms with Crippen molar-refractivity contribution in [2.45, 2.75) is 63.0 Å². The number of hydrogen-bond donors (Lipinski definition) is 0. The van der Waals surface area contributed by atoms with E-state index in [-0.39, 0.29) is 16.1 Å². The van der Waals surface area contributed by atoms with Gasteiger partial charge in [0, 0.05) is 22.1 Å². The molecule has 0 radical (unpaired) electrons. The molecule has 1 aliphatic heterocycles. The first-order valence-corrected chi connectivity index (χ1v) is 9.88. The van der Waals surface area contributed by atoms with Gasteiger partial charge in [-0.15, -0.1) is 11.8 Å². The van der Waals surface area contributed by atoms with Crippen LogP contribution in [0.3, 0.4) is 0 Å². The van der Waals surface area contributed by atoms with Crippen LogP contribution in [0.25, 0.3) is 0 Å². The molecular weight excluding hydrogens is 354 g/mol. The lowest BCUT2D eigenvalue weighted by Gasteiger charge is -2.42. The maximum Gasteiger partial charge on any atom is 0.308 e. The van der Waals surface area contributed by atoms with Crippen LogP contribution in [0.1, 0.15) is 63.4 Å². The molecule has 0 unspecified atom stereocenters. The summed E-state index contributed by atoms with van der Waals surface area (Å²) in [5, 5.41) is 0. The predicted molar refractivity (Wildman–Crippen MR) is 110 cm³/mol. The molecule has 27 heavy (non-hydrogen) atoms. The molecule has 140 valence electrons. The fourth-order valence-corrected chi connectivity index (χ4v) is 5.44. The molecule has 1 aromatic heterocycles. The Labute approximate surface area is 165 Å². The van der Waals surface area contributed by atoms with Gasteiger partial charge in [0.15, 0.2) is 0 Å². The minimum Gasteiger partial charge on any atom is -0.425 e. The summed E-state index contributed by atoms with van der Waals surface area (Å²) in [5.74, 6) is 6.47. The Bertz CT molecular complexity index is 947. The van der Waals surface area contributed by atoms with Crippen LogP contribution in [0.2, 0.25) is 0 Å². The molecule has 0 N–H and O–H groups in total. The molecule has 0 amide bonds. The predicted octanol–water partition coefficient (Wildman–Crippen LogP) is 5.27. The maximum absolute atomic E-state index is 11.0. The van der Waals surface area contributed by atoms with Crippen molar-refractivity contribution in [2.75, 3.05) is 0 Å². The Kier molecular flexibility index (Phi) is 5.10. The van der Waals surface area contributed by atoms with Gasteiger partial charge in [0.1, 0.15) is 11.4 Å². The van der Waals surface area contributed by atoms with Crippen LogP contribution in [-0.2, 0) is 10.2 Å². The third-order valence-corrected chi connectivity index (χ3v) is 5.89. The van der Waals surface area contributed by atoms with E-state index in [1.165, 1.54) is 29.1 Å². The second-order valence-electron chi connectivity index (χ2n) is 8.31. The van der Waals surface area contributed by atoms with Crippen molar-refractivity contribution in [2.24, 2.45) is 0 Å². The second kappa shape index (κ2) is 7.05. The van der Waals surface area contributed by atoms with E-state index in [0.29, 0.717) is 11.4 Å². The molecule has 0 saturated heterocycles. The highest BCUT2D eigenvalue weighted by Crippen LogP contribution is 2.51. The fraction of sp³-hybridized carbons (Fsp3) is 0.391. The summed E-state index contributed by atoms with van der Waals surface area (Å²) in [6.45, 7) is 12.7. The summed E-state index contributed by atoms with van der Waals surface area (Å²) in [6, 6.07) is 7.98. The van der Waals surface area contributed by atoms with Crippen molar-refractivity contribution in [3.63, 3.8) is 0 Å². The Morgan fingerprint density at radius 2 is 1.93 bits per heavy atom. The first-order chi connectivity index (χ1) is 12.6. The number of aryl methyl sites for hydroxylation is 1. The van der Waals surface area contributed by atoms with Gasteiger partial charge in [-0.3, -0.25) is 4.79 Å². The summed E-state index contributed by atoms with van der Waals surface area (Å²) < 4.78 is 5.24. The van der Waals surface area contributed by atoms with Gasteiger partial charge >= 0.3 is 5.97 Å². The van der Waals surface area contributed by atoms with Crippen molar-refractivity contribution >= 4 is 17.7 Å². The molecule has 2 aromatic rings. The van der Waals surface area contributed by atoms with Gasteiger partial charge in [0.25, 0.3) is 0 Å². The fourth-order valence-electron chi connectivity index (χ4n) is 3.73. The molecule has 1 aliphatic rings. The highest BCUT2D eigenvalue weighted by Gasteiger charge is 2.38. The normalized spacial score (nSPS) is 16.7. The van der Waals surface area contributed by atoms with Crippen LogP contribution in [0.15, 0.2) is 35.4 Å². The Morgan fingerprint density at radius 1 is 1.19 bits per heavy atom. The summed E-state index contributed by atoms with van der Waals surface area (Å²) in [7, 11) is 0. The van der Waals surface area contributed by atoms with Crippen LogP contribution in [0.4, 0.5) is 0 Å². The Balaban J connectivity index is 1.92. The summed E-state index contributed by atoms with van der Waals surface area (Å²) in [4.78, 5) is 16.6. The zero-order valence-corrected chi connectivity index (χ0v) is 17.6. The summed E-state index contributed by atoms with van der Waals surface area (Å²) in [5.41, 5.74) is 4.36. The van der Waals surface area contributed by atoms with Crippen molar-refractivity contribution in [1.29, 1.82) is 0 Å². The van der Waals surface area contributed by atoms with Crippen LogP contribution < -0.4 is 4.74 Å². The number of nitrogens with zero attached hydrogens (tertiary/aromatic N) is 1. The van der Waals surface area contributed by atoms with E-state index in [1.807, 2.05) is 11.8 Å². The smallest absolute Gasteiger partial charge is 0.308 e. The third-order valence-electron chi connectivity index (χ3n) is 4.63. The molecule has 0 bridgehead atoms. The van der Waals surface area contributed by atoms with Gasteiger partial charge in [-0.1, -0.05) is 33.6 Å². The van der Waals surface area contributed by atoms with E-state index in [1.54, 1.807) is 12.1 Å². The van der Waals surface area contributed by atoms with E-state index in [9.17, 15) is 4.79 Å².